The Morgan fingerprint density at radius 2 is 1.67 bits per heavy atom. The summed E-state index contributed by atoms with van der Waals surface area (Å²) in [6.45, 7) is 4.13. The Morgan fingerprint density at radius 3 is 2.23 bits per heavy atom. The molecule has 8 nitrogen and oxygen atoms in total. The maximum Gasteiger partial charge on any atom is 0.252 e. The van der Waals surface area contributed by atoms with Crippen LogP contribution in [0.1, 0.15) is 17.4 Å². The molecule has 11 heteroatoms. The van der Waals surface area contributed by atoms with Crippen LogP contribution in [0.2, 0.25) is 0 Å². The molecule has 2 heterocycles. The van der Waals surface area contributed by atoms with Gasteiger partial charge in [0.15, 0.2) is 0 Å². The number of hydrogen-bond acceptors (Lipinski definition) is 6. The number of piperazine rings is 1. The van der Waals surface area contributed by atoms with Gasteiger partial charge in [0.2, 0.25) is 15.9 Å². The molecule has 1 aliphatic rings. The molecule has 0 saturated carbocycles. The van der Waals surface area contributed by atoms with Gasteiger partial charge in [0.25, 0.3) is 10.0 Å². The third kappa shape index (κ3) is 5.46. The van der Waals surface area contributed by atoms with E-state index in [1.54, 1.807) is 42.5 Å². The first-order chi connectivity index (χ1) is 14.1. The number of aryl methyl sites for hydroxylation is 1. The molecule has 1 fully saturated rings. The van der Waals surface area contributed by atoms with E-state index < -0.39 is 26.1 Å². The lowest BCUT2D eigenvalue weighted by molar-refractivity contribution is -0.133. The highest BCUT2D eigenvalue weighted by Crippen LogP contribution is 2.25. The van der Waals surface area contributed by atoms with Crippen LogP contribution in [-0.4, -0.2) is 64.2 Å². The minimum atomic E-state index is -3.69. The maximum absolute atomic E-state index is 12.7. The zero-order valence-electron chi connectivity index (χ0n) is 16.8. The molecule has 1 aromatic heterocycles. The molecule has 0 spiro atoms. The van der Waals surface area contributed by atoms with E-state index in [0.29, 0.717) is 9.77 Å². The van der Waals surface area contributed by atoms with Crippen LogP contribution in [0.15, 0.2) is 46.7 Å². The van der Waals surface area contributed by atoms with E-state index in [9.17, 15) is 21.6 Å². The number of rotatable bonds is 7. The summed E-state index contributed by atoms with van der Waals surface area (Å²) in [5, 5.41) is 0. The van der Waals surface area contributed by atoms with Crippen molar-refractivity contribution in [1.29, 1.82) is 0 Å². The molecule has 0 radical (unpaired) electrons. The van der Waals surface area contributed by atoms with E-state index in [0.717, 1.165) is 4.88 Å². The number of amides is 1. The molecule has 0 bridgehead atoms. The smallest absolute Gasteiger partial charge is 0.252 e. The first-order valence-corrected chi connectivity index (χ1v) is 13.4. The molecule has 0 aliphatic carbocycles. The van der Waals surface area contributed by atoms with E-state index >= 15 is 0 Å². The maximum atomic E-state index is 12.7. The number of nitrogens with zero attached hydrogens (tertiary/aromatic N) is 2. The van der Waals surface area contributed by atoms with Crippen molar-refractivity contribution in [2.45, 2.75) is 29.9 Å². The first kappa shape index (κ1) is 22.9. The Hall–Kier alpha value is -1.79. The predicted octanol–water partition coefficient (Wildman–Crippen LogP) is 1.40. The van der Waals surface area contributed by atoms with Crippen LogP contribution in [0.25, 0.3) is 0 Å². The van der Waals surface area contributed by atoms with Gasteiger partial charge in [-0.2, -0.15) is 4.31 Å². The predicted molar refractivity (Wildman–Crippen MR) is 116 cm³/mol. The van der Waals surface area contributed by atoms with Crippen molar-refractivity contribution in [3.8, 4) is 0 Å². The first-order valence-electron chi connectivity index (χ1n) is 9.48. The second-order valence-corrected chi connectivity index (χ2v) is 12.4. The molecule has 1 N–H and O–H groups in total. The van der Waals surface area contributed by atoms with E-state index in [1.807, 2.05) is 6.92 Å². The number of hydrogen-bond donors (Lipinski definition) is 1. The Bertz CT molecular complexity index is 1090. The summed E-state index contributed by atoms with van der Waals surface area (Å²) >= 11 is 1.22. The molecule has 1 aromatic carbocycles. The van der Waals surface area contributed by atoms with E-state index in [4.69, 9.17) is 0 Å². The van der Waals surface area contributed by atoms with Crippen LogP contribution in [0.5, 0.6) is 0 Å². The van der Waals surface area contributed by atoms with Crippen molar-refractivity contribution in [2.75, 3.05) is 26.2 Å². The number of carbonyl (C=O) groups excluding carboxylic acids is 1. The Labute approximate surface area is 181 Å². The van der Waals surface area contributed by atoms with Crippen molar-refractivity contribution >= 4 is 37.3 Å². The van der Waals surface area contributed by atoms with Crippen molar-refractivity contribution < 1.29 is 21.6 Å². The van der Waals surface area contributed by atoms with Crippen molar-refractivity contribution in [2.24, 2.45) is 0 Å². The zero-order chi connectivity index (χ0) is 21.9. The van der Waals surface area contributed by atoms with Gasteiger partial charge >= 0.3 is 0 Å². The Kier molecular flexibility index (Phi) is 6.98. The summed E-state index contributed by atoms with van der Waals surface area (Å²) in [5.41, 5.74) is 0.632. The molecule has 30 heavy (non-hydrogen) atoms. The summed E-state index contributed by atoms with van der Waals surface area (Å²) in [4.78, 5) is 15.1. The molecule has 3 rings (SSSR count). The quantitative estimate of drug-likeness (QED) is 0.657. The van der Waals surface area contributed by atoms with Crippen molar-refractivity contribution in [3.63, 3.8) is 0 Å². The number of thiophene rings is 1. The highest BCUT2D eigenvalue weighted by atomic mass is 32.2. The minimum absolute atomic E-state index is 0.175. The fourth-order valence-electron chi connectivity index (χ4n) is 3.26. The molecule has 1 amide bonds. The van der Waals surface area contributed by atoms with E-state index in [2.05, 4.69) is 4.72 Å². The van der Waals surface area contributed by atoms with Gasteiger partial charge in [-0.3, -0.25) is 4.79 Å². The lowest BCUT2D eigenvalue weighted by Gasteiger charge is -2.35. The van der Waals surface area contributed by atoms with Gasteiger partial charge in [0.05, 0.1) is 11.8 Å². The van der Waals surface area contributed by atoms with E-state index in [1.165, 1.54) is 27.5 Å². The fourth-order valence-corrected chi connectivity index (χ4v) is 7.47. The molecule has 2 aromatic rings. The van der Waals surface area contributed by atoms with Gasteiger partial charge in [-0.1, -0.05) is 30.3 Å². The highest BCUT2D eigenvalue weighted by molar-refractivity contribution is 7.91. The molecular weight excluding hydrogens is 446 g/mol. The van der Waals surface area contributed by atoms with Crippen LogP contribution >= 0.6 is 11.3 Å². The van der Waals surface area contributed by atoms with Crippen molar-refractivity contribution in [1.82, 2.24) is 13.9 Å². The minimum Gasteiger partial charge on any atom is -0.339 e. The third-order valence-corrected chi connectivity index (χ3v) is 9.58. The van der Waals surface area contributed by atoms with E-state index in [-0.39, 0.29) is 37.8 Å². The van der Waals surface area contributed by atoms with Gasteiger partial charge in [-0.15, -0.1) is 11.3 Å². The molecule has 1 aliphatic heterocycles. The number of carbonyl (C=O) groups is 1. The van der Waals surface area contributed by atoms with Gasteiger partial charge in [-0.05, 0) is 31.5 Å². The van der Waals surface area contributed by atoms with Crippen LogP contribution in [-0.2, 0) is 30.6 Å². The van der Waals surface area contributed by atoms with Crippen LogP contribution in [0, 0.1) is 6.92 Å². The average Bonchev–Trinajstić information content (AvgIpc) is 3.14. The molecular formula is C19H25N3O5S3. The topological polar surface area (TPSA) is 104 Å². The number of nitrogens with one attached hydrogen (secondary N) is 1. The second-order valence-electron chi connectivity index (χ2n) is 7.18. The number of benzene rings is 1. The van der Waals surface area contributed by atoms with Crippen molar-refractivity contribution in [3.05, 3.63) is 52.9 Å². The van der Waals surface area contributed by atoms with Crippen LogP contribution in [0.4, 0.5) is 0 Å². The summed E-state index contributed by atoms with van der Waals surface area (Å²) in [5.74, 6) is -0.576. The van der Waals surface area contributed by atoms with Gasteiger partial charge < -0.3 is 4.90 Å². The summed E-state index contributed by atoms with van der Waals surface area (Å²) in [6.07, 6.45) is 0. The monoisotopic (exact) mass is 471 g/mol. The standard InChI is InChI=1S/C19H25N3O5S3/c1-15-8-9-18(28-15)30(26,27)22-12-10-21(11-13-22)19(23)16(2)20-29(24,25)14-17-6-4-3-5-7-17/h3-9,16,20H,10-14H2,1-2H3/t16-/m1/s1. The molecule has 164 valence electrons. The lowest BCUT2D eigenvalue weighted by atomic mass is 10.2. The summed E-state index contributed by atoms with van der Waals surface area (Å²) in [7, 11) is -7.26. The molecule has 1 atom stereocenters. The van der Waals surface area contributed by atoms with Gasteiger partial charge in [-0.25, -0.2) is 21.6 Å². The lowest BCUT2D eigenvalue weighted by Crippen LogP contribution is -2.55. The zero-order valence-corrected chi connectivity index (χ0v) is 19.3. The summed E-state index contributed by atoms with van der Waals surface area (Å²) in [6, 6.07) is 11.2. The average molecular weight is 472 g/mol. The Balaban J connectivity index is 1.57. The second kappa shape index (κ2) is 9.15. The number of sulfonamides is 2. The third-order valence-electron chi connectivity index (χ3n) is 4.79. The van der Waals surface area contributed by atoms with Crippen LogP contribution < -0.4 is 4.72 Å². The SMILES string of the molecule is Cc1ccc(S(=O)(=O)N2CCN(C(=O)[C@@H](C)NS(=O)(=O)Cc3ccccc3)CC2)s1. The Morgan fingerprint density at radius 1 is 1.03 bits per heavy atom. The highest BCUT2D eigenvalue weighted by Gasteiger charge is 2.33. The largest absolute Gasteiger partial charge is 0.339 e. The molecule has 1 saturated heterocycles. The van der Waals surface area contributed by atoms with Crippen LogP contribution in [0.3, 0.4) is 0 Å². The molecule has 0 unspecified atom stereocenters. The fraction of sp³-hybridized carbons (Fsp3) is 0.421. The normalized spacial score (nSPS) is 17.1. The summed E-state index contributed by atoms with van der Waals surface area (Å²) < 4.78 is 54.3. The van der Waals surface area contributed by atoms with Gasteiger partial charge in [0.1, 0.15) is 4.21 Å². The van der Waals surface area contributed by atoms with Gasteiger partial charge in [0, 0.05) is 31.1 Å².